The SMILES string of the molecule is Cc1cc(F)c(-c2nnsc2CN)cc1F. The van der Waals surface area contributed by atoms with Gasteiger partial charge in [0, 0.05) is 12.1 Å². The molecule has 0 aliphatic rings. The van der Waals surface area contributed by atoms with Crippen LogP contribution >= 0.6 is 11.5 Å². The summed E-state index contributed by atoms with van der Waals surface area (Å²) >= 11 is 1.09. The zero-order chi connectivity index (χ0) is 11.7. The Balaban J connectivity index is 2.60. The van der Waals surface area contributed by atoms with Gasteiger partial charge >= 0.3 is 0 Å². The largest absolute Gasteiger partial charge is 0.326 e. The van der Waals surface area contributed by atoms with Gasteiger partial charge in [0.05, 0.1) is 4.88 Å². The number of rotatable bonds is 2. The van der Waals surface area contributed by atoms with Crippen LogP contribution in [0.5, 0.6) is 0 Å². The minimum atomic E-state index is -0.513. The number of benzene rings is 1. The molecule has 1 aromatic carbocycles. The highest BCUT2D eigenvalue weighted by atomic mass is 32.1. The van der Waals surface area contributed by atoms with Crippen LogP contribution in [0.25, 0.3) is 11.3 Å². The number of hydrogen-bond acceptors (Lipinski definition) is 4. The number of halogens is 2. The van der Waals surface area contributed by atoms with Crippen molar-refractivity contribution in [2.24, 2.45) is 5.73 Å². The zero-order valence-electron chi connectivity index (χ0n) is 8.50. The smallest absolute Gasteiger partial charge is 0.133 e. The molecule has 2 N–H and O–H groups in total. The fraction of sp³-hybridized carbons (Fsp3) is 0.200. The van der Waals surface area contributed by atoms with Crippen LogP contribution in [-0.4, -0.2) is 9.59 Å². The molecule has 2 aromatic rings. The maximum absolute atomic E-state index is 13.6. The molecule has 0 aliphatic heterocycles. The van der Waals surface area contributed by atoms with Gasteiger partial charge in [-0.25, -0.2) is 8.78 Å². The molecule has 0 bridgehead atoms. The summed E-state index contributed by atoms with van der Waals surface area (Å²) < 4.78 is 30.7. The van der Waals surface area contributed by atoms with Gasteiger partial charge in [-0.1, -0.05) is 4.49 Å². The van der Waals surface area contributed by atoms with Crippen LogP contribution in [0.15, 0.2) is 12.1 Å². The van der Waals surface area contributed by atoms with Crippen LogP contribution in [0.2, 0.25) is 0 Å². The van der Waals surface area contributed by atoms with Crippen molar-refractivity contribution in [3.8, 4) is 11.3 Å². The fourth-order valence-electron chi connectivity index (χ4n) is 1.38. The summed E-state index contributed by atoms with van der Waals surface area (Å²) in [5, 5.41) is 3.77. The van der Waals surface area contributed by atoms with Crippen molar-refractivity contribution in [1.29, 1.82) is 0 Å². The van der Waals surface area contributed by atoms with Gasteiger partial charge < -0.3 is 5.73 Å². The molecule has 0 radical (unpaired) electrons. The van der Waals surface area contributed by atoms with E-state index in [1.54, 1.807) is 0 Å². The lowest BCUT2D eigenvalue weighted by molar-refractivity contribution is 0.594. The van der Waals surface area contributed by atoms with Gasteiger partial charge in [0.25, 0.3) is 0 Å². The molecule has 84 valence electrons. The summed E-state index contributed by atoms with van der Waals surface area (Å²) in [5.41, 5.74) is 6.16. The predicted octanol–water partition coefficient (Wildman–Crippen LogP) is 2.25. The first kappa shape index (κ1) is 11.1. The molecule has 0 amide bonds. The van der Waals surface area contributed by atoms with E-state index in [-0.39, 0.29) is 17.7 Å². The second-order valence-electron chi connectivity index (χ2n) is 3.33. The van der Waals surface area contributed by atoms with Crippen LogP contribution in [0.3, 0.4) is 0 Å². The summed E-state index contributed by atoms with van der Waals surface area (Å²) in [4.78, 5) is 0.641. The van der Waals surface area contributed by atoms with Gasteiger partial charge in [0.15, 0.2) is 0 Å². The van der Waals surface area contributed by atoms with Gasteiger partial charge in [-0.15, -0.1) is 5.10 Å². The topological polar surface area (TPSA) is 51.8 Å². The van der Waals surface area contributed by atoms with Crippen LogP contribution in [0, 0.1) is 18.6 Å². The normalized spacial score (nSPS) is 10.8. The highest BCUT2D eigenvalue weighted by Crippen LogP contribution is 2.27. The van der Waals surface area contributed by atoms with Crippen molar-refractivity contribution >= 4 is 11.5 Å². The van der Waals surface area contributed by atoms with Gasteiger partial charge in [-0.05, 0) is 36.2 Å². The molecular formula is C10H9F2N3S. The van der Waals surface area contributed by atoms with E-state index in [2.05, 4.69) is 9.59 Å². The van der Waals surface area contributed by atoms with E-state index in [1.807, 2.05) is 0 Å². The van der Waals surface area contributed by atoms with Gasteiger partial charge in [-0.2, -0.15) is 0 Å². The molecule has 0 spiro atoms. The second-order valence-corrected chi connectivity index (χ2v) is 4.17. The molecule has 0 aliphatic carbocycles. The summed E-state index contributed by atoms with van der Waals surface area (Å²) in [6.45, 7) is 1.72. The third kappa shape index (κ3) is 1.81. The summed E-state index contributed by atoms with van der Waals surface area (Å²) in [5.74, 6) is -0.978. The van der Waals surface area contributed by atoms with Crippen molar-refractivity contribution in [1.82, 2.24) is 9.59 Å². The lowest BCUT2D eigenvalue weighted by atomic mass is 10.1. The molecule has 0 unspecified atom stereocenters. The number of aromatic nitrogens is 2. The Morgan fingerprint density at radius 3 is 2.75 bits per heavy atom. The van der Waals surface area contributed by atoms with E-state index < -0.39 is 11.6 Å². The number of aryl methyl sites for hydroxylation is 1. The quantitative estimate of drug-likeness (QED) is 0.877. The van der Waals surface area contributed by atoms with Gasteiger partial charge in [0.2, 0.25) is 0 Å². The van der Waals surface area contributed by atoms with Crippen LogP contribution in [0.1, 0.15) is 10.4 Å². The first-order valence-corrected chi connectivity index (χ1v) is 5.38. The molecule has 1 aromatic heterocycles. The molecule has 0 saturated heterocycles. The molecule has 16 heavy (non-hydrogen) atoms. The average molecular weight is 241 g/mol. The molecular weight excluding hydrogens is 232 g/mol. The van der Waals surface area contributed by atoms with Crippen molar-refractivity contribution in [2.45, 2.75) is 13.5 Å². The van der Waals surface area contributed by atoms with Crippen molar-refractivity contribution in [3.05, 3.63) is 34.2 Å². The summed E-state index contributed by atoms with van der Waals surface area (Å²) in [7, 11) is 0. The van der Waals surface area contributed by atoms with Crippen LogP contribution < -0.4 is 5.73 Å². The van der Waals surface area contributed by atoms with Crippen molar-refractivity contribution in [2.75, 3.05) is 0 Å². The van der Waals surface area contributed by atoms with Gasteiger partial charge in [0.1, 0.15) is 17.3 Å². The number of nitrogens with two attached hydrogens (primary N) is 1. The average Bonchev–Trinajstić information content (AvgIpc) is 2.71. The first-order valence-electron chi connectivity index (χ1n) is 4.60. The molecule has 3 nitrogen and oxygen atoms in total. The lowest BCUT2D eigenvalue weighted by Gasteiger charge is -2.03. The lowest BCUT2D eigenvalue weighted by Crippen LogP contribution is -1.98. The molecule has 0 saturated carbocycles. The van der Waals surface area contributed by atoms with Crippen LogP contribution in [0.4, 0.5) is 8.78 Å². The third-order valence-electron chi connectivity index (χ3n) is 2.24. The van der Waals surface area contributed by atoms with Gasteiger partial charge in [-0.3, -0.25) is 0 Å². The maximum Gasteiger partial charge on any atom is 0.133 e. The molecule has 1 heterocycles. The Hall–Kier alpha value is -1.40. The minimum absolute atomic E-state index is 0.109. The first-order chi connectivity index (χ1) is 7.63. The Bertz CT molecular complexity index is 525. The number of nitrogens with zero attached hydrogens (tertiary/aromatic N) is 2. The summed E-state index contributed by atoms with van der Waals surface area (Å²) in [6, 6.07) is 2.27. The predicted molar refractivity (Wildman–Crippen MR) is 57.9 cm³/mol. The Morgan fingerprint density at radius 1 is 1.31 bits per heavy atom. The molecule has 6 heteroatoms. The highest BCUT2D eigenvalue weighted by Gasteiger charge is 2.15. The monoisotopic (exact) mass is 241 g/mol. The zero-order valence-corrected chi connectivity index (χ0v) is 9.31. The highest BCUT2D eigenvalue weighted by molar-refractivity contribution is 7.05. The molecule has 2 rings (SSSR count). The van der Waals surface area contributed by atoms with Crippen LogP contribution in [-0.2, 0) is 6.54 Å². The van der Waals surface area contributed by atoms with E-state index in [4.69, 9.17) is 5.73 Å². The Labute approximate surface area is 95.1 Å². The van der Waals surface area contributed by atoms with Crippen molar-refractivity contribution in [3.63, 3.8) is 0 Å². The number of hydrogen-bond donors (Lipinski definition) is 1. The van der Waals surface area contributed by atoms with Crippen molar-refractivity contribution < 1.29 is 8.78 Å². The maximum atomic E-state index is 13.6. The summed E-state index contributed by atoms with van der Waals surface area (Å²) in [6.07, 6.45) is 0. The fourth-order valence-corrected chi connectivity index (χ4v) is 1.91. The van der Waals surface area contributed by atoms with E-state index in [0.29, 0.717) is 10.6 Å². The third-order valence-corrected chi connectivity index (χ3v) is 2.99. The van der Waals surface area contributed by atoms with E-state index in [1.165, 1.54) is 6.92 Å². The Morgan fingerprint density at radius 2 is 2.06 bits per heavy atom. The van der Waals surface area contributed by atoms with E-state index in [0.717, 1.165) is 23.7 Å². The minimum Gasteiger partial charge on any atom is -0.326 e. The Kier molecular flexibility index (Phi) is 2.93. The second kappa shape index (κ2) is 4.23. The van der Waals surface area contributed by atoms with E-state index in [9.17, 15) is 8.78 Å². The molecule has 0 atom stereocenters. The standard InChI is InChI=1S/C10H9F2N3S/c1-5-2-8(12)6(3-7(5)11)10-9(4-13)16-15-14-10/h2-3H,4,13H2,1H3. The molecule has 0 fully saturated rings. The van der Waals surface area contributed by atoms with E-state index >= 15 is 0 Å².